The lowest BCUT2D eigenvalue weighted by Gasteiger charge is -2.26. The summed E-state index contributed by atoms with van der Waals surface area (Å²) in [6, 6.07) is 8.77. The highest BCUT2D eigenvalue weighted by molar-refractivity contribution is 7.09. The van der Waals surface area contributed by atoms with Gasteiger partial charge in [0.2, 0.25) is 0 Å². The van der Waals surface area contributed by atoms with Crippen LogP contribution >= 0.6 is 11.3 Å². The third-order valence-corrected chi connectivity index (χ3v) is 4.76. The number of thiazole rings is 1. The molecule has 0 saturated heterocycles. The van der Waals surface area contributed by atoms with Crippen molar-refractivity contribution in [3.05, 3.63) is 51.5 Å². The first-order valence-electron chi connectivity index (χ1n) is 7.07. The van der Waals surface area contributed by atoms with E-state index >= 15 is 0 Å². The predicted molar refractivity (Wildman–Crippen MR) is 81.9 cm³/mol. The molecule has 4 heteroatoms. The summed E-state index contributed by atoms with van der Waals surface area (Å²) < 4.78 is 5.66. The first-order valence-corrected chi connectivity index (χ1v) is 7.95. The summed E-state index contributed by atoms with van der Waals surface area (Å²) in [7, 11) is 0. The van der Waals surface area contributed by atoms with Crippen molar-refractivity contribution >= 4 is 11.3 Å². The number of hydrogen-bond acceptors (Lipinski definition) is 4. The summed E-state index contributed by atoms with van der Waals surface area (Å²) in [5, 5.41) is 6.93. The third-order valence-electron chi connectivity index (χ3n) is 3.57. The summed E-state index contributed by atoms with van der Waals surface area (Å²) >= 11 is 1.75. The van der Waals surface area contributed by atoms with Crippen molar-refractivity contribution in [1.29, 1.82) is 0 Å². The van der Waals surface area contributed by atoms with Crippen LogP contribution in [0.1, 0.15) is 47.6 Å². The minimum absolute atomic E-state index is 0.268. The van der Waals surface area contributed by atoms with Crippen molar-refractivity contribution < 1.29 is 4.74 Å². The average Bonchev–Trinajstić information content (AvgIpc) is 2.94. The second-order valence-electron chi connectivity index (χ2n) is 5.48. The molecule has 0 saturated carbocycles. The van der Waals surface area contributed by atoms with Crippen LogP contribution in [0.2, 0.25) is 0 Å². The van der Waals surface area contributed by atoms with Crippen molar-refractivity contribution in [2.75, 3.05) is 6.61 Å². The smallest absolute Gasteiger partial charge is 0.0954 e. The SMILES string of the molecule is CC(C)c1nc(CNC2COCc3ccccc32)cs1. The van der Waals surface area contributed by atoms with E-state index in [-0.39, 0.29) is 6.04 Å². The Kier molecular flexibility index (Phi) is 4.15. The molecule has 20 heavy (non-hydrogen) atoms. The van der Waals surface area contributed by atoms with Crippen LogP contribution in [0.5, 0.6) is 0 Å². The third kappa shape index (κ3) is 2.92. The highest BCUT2D eigenvalue weighted by Gasteiger charge is 2.20. The van der Waals surface area contributed by atoms with Crippen molar-refractivity contribution in [2.45, 2.75) is 39.0 Å². The van der Waals surface area contributed by atoms with Gasteiger partial charge < -0.3 is 10.1 Å². The van der Waals surface area contributed by atoms with Gasteiger partial charge in [0.1, 0.15) is 0 Å². The van der Waals surface area contributed by atoms with Gasteiger partial charge in [-0.15, -0.1) is 11.3 Å². The Morgan fingerprint density at radius 1 is 1.40 bits per heavy atom. The maximum Gasteiger partial charge on any atom is 0.0954 e. The summed E-state index contributed by atoms with van der Waals surface area (Å²) in [6.07, 6.45) is 0. The quantitative estimate of drug-likeness (QED) is 0.933. The van der Waals surface area contributed by atoms with E-state index in [2.05, 4.69) is 53.8 Å². The fraction of sp³-hybridized carbons (Fsp3) is 0.438. The van der Waals surface area contributed by atoms with Crippen molar-refractivity contribution in [3.8, 4) is 0 Å². The molecule has 0 radical (unpaired) electrons. The fourth-order valence-electron chi connectivity index (χ4n) is 2.45. The standard InChI is InChI=1S/C16H20N2OS/c1-11(2)16-18-13(10-20-16)7-17-15-9-19-8-12-5-3-4-6-14(12)15/h3-6,10-11,15,17H,7-9H2,1-2H3. The van der Waals surface area contributed by atoms with Crippen LogP contribution in [0, 0.1) is 0 Å². The van der Waals surface area contributed by atoms with Gasteiger partial charge in [0.25, 0.3) is 0 Å². The predicted octanol–water partition coefficient (Wildman–Crippen LogP) is 3.63. The second-order valence-corrected chi connectivity index (χ2v) is 6.37. The van der Waals surface area contributed by atoms with Gasteiger partial charge in [0, 0.05) is 17.8 Å². The molecule has 1 aromatic carbocycles. The largest absolute Gasteiger partial charge is 0.375 e. The lowest BCUT2D eigenvalue weighted by atomic mass is 9.99. The number of nitrogens with zero attached hydrogens (tertiary/aromatic N) is 1. The molecule has 2 aromatic rings. The van der Waals surface area contributed by atoms with Crippen LogP contribution in [0.3, 0.4) is 0 Å². The Hall–Kier alpha value is -1.23. The van der Waals surface area contributed by atoms with Crippen LogP contribution in [0.25, 0.3) is 0 Å². The first-order chi connectivity index (χ1) is 9.74. The van der Waals surface area contributed by atoms with E-state index in [9.17, 15) is 0 Å². The van der Waals surface area contributed by atoms with E-state index in [4.69, 9.17) is 4.74 Å². The summed E-state index contributed by atoms with van der Waals surface area (Å²) in [6.45, 7) is 6.62. The molecule has 3 nitrogen and oxygen atoms in total. The molecule has 1 aliphatic rings. The molecule has 1 unspecified atom stereocenters. The van der Waals surface area contributed by atoms with Crippen LogP contribution < -0.4 is 5.32 Å². The van der Waals surface area contributed by atoms with Crippen molar-refractivity contribution in [3.63, 3.8) is 0 Å². The molecule has 106 valence electrons. The van der Waals surface area contributed by atoms with Gasteiger partial charge in [-0.2, -0.15) is 0 Å². The molecule has 0 fully saturated rings. The minimum Gasteiger partial charge on any atom is -0.375 e. The normalized spacial score (nSPS) is 18.2. The topological polar surface area (TPSA) is 34.2 Å². The highest BCUT2D eigenvalue weighted by atomic mass is 32.1. The van der Waals surface area contributed by atoms with E-state index in [1.807, 2.05) is 0 Å². The Balaban J connectivity index is 1.67. The average molecular weight is 288 g/mol. The van der Waals surface area contributed by atoms with Gasteiger partial charge in [0.05, 0.1) is 30.0 Å². The molecule has 1 aliphatic heterocycles. The number of rotatable bonds is 4. The Morgan fingerprint density at radius 2 is 2.25 bits per heavy atom. The first kappa shape index (κ1) is 13.7. The fourth-order valence-corrected chi connectivity index (χ4v) is 3.28. The maximum atomic E-state index is 5.66. The molecule has 1 aromatic heterocycles. The number of hydrogen-bond donors (Lipinski definition) is 1. The zero-order chi connectivity index (χ0) is 13.9. The van der Waals surface area contributed by atoms with E-state index in [0.29, 0.717) is 5.92 Å². The van der Waals surface area contributed by atoms with Crippen LogP contribution in [0.15, 0.2) is 29.6 Å². The number of nitrogens with one attached hydrogen (secondary N) is 1. The van der Waals surface area contributed by atoms with Crippen LogP contribution in [0.4, 0.5) is 0 Å². The Bertz CT molecular complexity index is 579. The molecular weight excluding hydrogens is 268 g/mol. The number of fused-ring (bicyclic) bond motifs is 1. The molecule has 0 aliphatic carbocycles. The van der Waals surface area contributed by atoms with Gasteiger partial charge in [-0.05, 0) is 11.1 Å². The monoisotopic (exact) mass is 288 g/mol. The lowest BCUT2D eigenvalue weighted by Crippen LogP contribution is -2.29. The Morgan fingerprint density at radius 3 is 3.05 bits per heavy atom. The molecule has 1 atom stereocenters. The second kappa shape index (κ2) is 6.04. The van der Waals surface area contributed by atoms with E-state index in [0.717, 1.165) is 25.5 Å². The van der Waals surface area contributed by atoms with Crippen LogP contribution in [-0.2, 0) is 17.9 Å². The number of benzene rings is 1. The van der Waals surface area contributed by atoms with Crippen LogP contribution in [-0.4, -0.2) is 11.6 Å². The van der Waals surface area contributed by atoms with Gasteiger partial charge >= 0.3 is 0 Å². The van der Waals surface area contributed by atoms with E-state index in [1.54, 1.807) is 11.3 Å². The number of aromatic nitrogens is 1. The molecule has 0 amide bonds. The highest BCUT2D eigenvalue weighted by Crippen LogP contribution is 2.25. The van der Waals surface area contributed by atoms with E-state index < -0.39 is 0 Å². The molecule has 2 heterocycles. The zero-order valence-electron chi connectivity index (χ0n) is 11.9. The molecule has 0 spiro atoms. The van der Waals surface area contributed by atoms with Gasteiger partial charge in [-0.25, -0.2) is 4.98 Å². The van der Waals surface area contributed by atoms with E-state index in [1.165, 1.54) is 16.1 Å². The lowest BCUT2D eigenvalue weighted by molar-refractivity contribution is 0.0816. The summed E-state index contributed by atoms with van der Waals surface area (Å²) in [5.41, 5.74) is 3.78. The molecule has 1 N–H and O–H groups in total. The van der Waals surface area contributed by atoms with Crippen molar-refractivity contribution in [1.82, 2.24) is 10.3 Å². The maximum absolute atomic E-state index is 5.66. The Labute approximate surface area is 124 Å². The van der Waals surface area contributed by atoms with Crippen molar-refractivity contribution in [2.24, 2.45) is 0 Å². The summed E-state index contributed by atoms with van der Waals surface area (Å²) in [5.74, 6) is 0.507. The molecule has 0 bridgehead atoms. The molecule has 3 rings (SSSR count). The zero-order valence-corrected chi connectivity index (χ0v) is 12.7. The van der Waals surface area contributed by atoms with Gasteiger partial charge in [0.15, 0.2) is 0 Å². The van der Waals surface area contributed by atoms with Gasteiger partial charge in [-0.3, -0.25) is 0 Å². The molecular formula is C16H20N2OS. The minimum atomic E-state index is 0.268. The van der Waals surface area contributed by atoms with Gasteiger partial charge in [-0.1, -0.05) is 38.1 Å². The number of ether oxygens (including phenoxy) is 1. The summed E-state index contributed by atoms with van der Waals surface area (Å²) in [4.78, 5) is 4.67.